The van der Waals surface area contributed by atoms with Crippen LogP contribution in [0.2, 0.25) is 0 Å². The highest BCUT2D eigenvalue weighted by Crippen LogP contribution is 2.31. The number of carbonyl (C=O) groups is 2. The van der Waals surface area contributed by atoms with E-state index >= 15 is 0 Å². The van der Waals surface area contributed by atoms with Crippen molar-refractivity contribution >= 4 is 17.7 Å². The number of hydrogen-bond donors (Lipinski definition) is 3. The van der Waals surface area contributed by atoms with E-state index in [1.165, 1.54) is 0 Å². The fourth-order valence-electron chi connectivity index (χ4n) is 4.33. The Kier molecular flexibility index (Phi) is 8.84. The third-order valence-electron chi connectivity index (χ3n) is 6.05. The molecule has 3 N–H and O–H groups in total. The molecular formula is C28H39N3O5. The van der Waals surface area contributed by atoms with E-state index in [0.29, 0.717) is 25.3 Å². The molecule has 3 rings (SSSR count). The van der Waals surface area contributed by atoms with Gasteiger partial charge in [0.05, 0.1) is 12.6 Å². The summed E-state index contributed by atoms with van der Waals surface area (Å²) in [6.45, 7) is 10.2. The molecular weight excluding hydrogens is 458 g/mol. The Labute approximate surface area is 214 Å². The second-order valence-corrected chi connectivity index (χ2v) is 10.6. The lowest BCUT2D eigenvalue weighted by molar-refractivity contribution is -0.124. The quantitative estimate of drug-likeness (QED) is 0.538. The van der Waals surface area contributed by atoms with Crippen molar-refractivity contribution in [1.82, 2.24) is 10.6 Å². The lowest BCUT2D eigenvalue weighted by Gasteiger charge is -2.37. The van der Waals surface area contributed by atoms with Crippen LogP contribution in [-0.4, -0.2) is 48.4 Å². The number of hydrogen-bond acceptors (Lipinski definition) is 6. The van der Waals surface area contributed by atoms with Gasteiger partial charge in [0.15, 0.2) is 0 Å². The molecule has 2 aromatic carbocycles. The molecule has 8 nitrogen and oxygen atoms in total. The molecule has 2 aromatic rings. The van der Waals surface area contributed by atoms with Crippen molar-refractivity contribution < 1.29 is 24.2 Å². The van der Waals surface area contributed by atoms with Gasteiger partial charge in [-0.15, -0.1) is 0 Å². The van der Waals surface area contributed by atoms with Gasteiger partial charge in [0.2, 0.25) is 5.91 Å². The first-order valence-electron chi connectivity index (χ1n) is 12.4. The predicted molar refractivity (Wildman–Crippen MR) is 140 cm³/mol. The van der Waals surface area contributed by atoms with Crippen LogP contribution in [0, 0.1) is 5.92 Å². The first kappa shape index (κ1) is 27.3. The zero-order valence-corrected chi connectivity index (χ0v) is 22.1. The third kappa shape index (κ3) is 7.37. The summed E-state index contributed by atoms with van der Waals surface area (Å²) in [6, 6.07) is 13.1. The predicted octanol–water partition coefficient (Wildman–Crippen LogP) is 3.78. The van der Waals surface area contributed by atoms with E-state index in [-0.39, 0.29) is 30.5 Å². The molecule has 1 aliphatic rings. The molecule has 0 radical (unpaired) electrons. The molecule has 1 heterocycles. The summed E-state index contributed by atoms with van der Waals surface area (Å²) in [5.41, 5.74) is 3.41. The van der Waals surface area contributed by atoms with Gasteiger partial charge in [-0.2, -0.15) is 0 Å². The van der Waals surface area contributed by atoms with E-state index in [9.17, 15) is 14.7 Å². The Balaban J connectivity index is 1.66. The van der Waals surface area contributed by atoms with Gasteiger partial charge in [0, 0.05) is 25.3 Å². The standard InChI is InChI=1S/C28H39N3O5/c1-18(2)25-26(33)30-22(16-32)13-21-11-12-23(14-24(21)31(25)6)35-17-20-9-7-19(8-10-20)15-29-27(34)36-28(3,4)5/h7-12,14,18,22,25,32H,13,15-17H2,1-6H3,(H,29,34)(H,30,33)/t22-,25-/m0/s1. The molecule has 0 unspecified atom stereocenters. The minimum absolute atomic E-state index is 0.0789. The van der Waals surface area contributed by atoms with Crippen LogP contribution in [0.15, 0.2) is 42.5 Å². The second kappa shape index (κ2) is 11.6. The average Bonchev–Trinajstić information content (AvgIpc) is 2.80. The van der Waals surface area contributed by atoms with E-state index < -0.39 is 11.7 Å². The van der Waals surface area contributed by atoms with Crippen molar-refractivity contribution in [1.29, 1.82) is 0 Å². The minimum atomic E-state index is -0.530. The van der Waals surface area contributed by atoms with Crippen molar-refractivity contribution in [2.75, 3.05) is 18.6 Å². The SMILES string of the molecule is CC(C)[C@H]1C(=O)N[C@H](CO)Cc2ccc(OCc3ccc(CNC(=O)OC(C)(C)C)cc3)cc2N1C. The summed E-state index contributed by atoms with van der Waals surface area (Å²) in [5, 5.41) is 15.5. The normalized spacial score (nSPS) is 18.1. The fourth-order valence-corrected chi connectivity index (χ4v) is 4.33. The van der Waals surface area contributed by atoms with Crippen LogP contribution in [0.25, 0.3) is 0 Å². The topological polar surface area (TPSA) is 100 Å². The number of carbonyl (C=O) groups excluding carboxylic acids is 2. The molecule has 2 atom stereocenters. The number of amides is 2. The molecule has 196 valence electrons. The Bertz CT molecular complexity index is 1050. The largest absolute Gasteiger partial charge is 0.489 e. The molecule has 1 aliphatic heterocycles. The molecule has 0 saturated carbocycles. The summed E-state index contributed by atoms with van der Waals surface area (Å²) < 4.78 is 11.3. The maximum Gasteiger partial charge on any atom is 0.407 e. The van der Waals surface area contributed by atoms with Gasteiger partial charge in [0.1, 0.15) is 24.0 Å². The van der Waals surface area contributed by atoms with E-state index in [0.717, 1.165) is 22.4 Å². The highest BCUT2D eigenvalue weighted by Gasteiger charge is 2.32. The number of aliphatic hydroxyl groups is 1. The molecule has 2 amide bonds. The number of nitrogens with zero attached hydrogens (tertiary/aromatic N) is 1. The van der Waals surface area contributed by atoms with Crippen molar-refractivity contribution in [3.63, 3.8) is 0 Å². The van der Waals surface area contributed by atoms with Crippen LogP contribution in [0.1, 0.15) is 51.3 Å². The number of alkyl carbamates (subject to hydrolysis) is 1. The van der Waals surface area contributed by atoms with Crippen LogP contribution >= 0.6 is 0 Å². The van der Waals surface area contributed by atoms with E-state index in [1.807, 2.05) is 89.0 Å². The van der Waals surface area contributed by atoms with Gasteiger partial charge < -0.3 is 30.1 Å². The zero-order chi connectivity index (χ0) is 26.5. The molecule has 0 bridgehead atoms. The van der Waals surface area contributed by atoms with Crippen molar-refractivity contribution in [3.05, 3.63) is 59.2 Å². The maximum absolute atomic E-state index is 12.8. The number of rotatable bonds is 7. The number of fused-ring (bicyclic) bond motifs is 1. The number of ether oxygens (including phenoxy) is 2. The van der Waals surface area contributed by atoms with Gasteiger partial charge in [-0.05, 0) is 55.9 Å². The number of benzene rings is 2. The first-order chi connectivity index (χ1) is 17.0. The molecule has 36 heavy (non-hydrogen) atoms. The molecule has 0 aliphatic carbocycles. The van der Waals surface area contributed by atoms with Crippen LogP contribution in [0.4, 0.5) is 10.5 Å². The average molecular weight is 498 g/mol. The summed E-state index contributed by atoms with van der Waals surface area (Å²) >= 11 is 0. The number of anilines is 1. The van der Waals surface area contributed by atoms with Crippen molar-refractivity contribution in [2.24, 2.45) is 5.92 Å². The van der Waals surface area contributed by atoms with Gasteiger partial charge in [-0.3, -0.25) is 4.79 Å². The molecule has 8 heteroatoms. The molecule has 0 saturated heterocycles. The Morgan fingerprint density at radius 3 is 2.44 bits per heavy atom. The van der Waals surface area contributed by atoms with E-state index in [2.05, 4.69) is 10.6 Å². The summed E-state index contributed by atoms with van der Waals surface area (Å²) in [5.74, 6) is 0.721. The van der Waals surface area contributed by atoms with Crippen LogP contribution < -0.4 is 20.3 Å². The Morgan fingerprint density at radius 1 is 1.17 bits per heavy atom. The van der Waals surface area contributed by atoms with Gasteiger partial charge in [0.25, 0.3) is 0 Å². The second-order valence-electron chi connectivity index (χ2n) is 10.6. The Hall–Kier alpha value is -3.26. The fraction of sp³-hybridized carbons (Fsp3) is 0.500. The summed E-state index contributed by atoms with van der Waals surface area (Å²) in [6.07, 6.45) is 0.104. The summed E-state index contributed by atoms with van der Waals surface area (Å²) in [4.78, 5) is 26.7. The first-order valence-corrected chi connectivity index (χ1v) is 12.4. The summed E-state index contributed by atoms with van der Waals surface area (Å²) in [7, 11) is 1.93. The Morgan fingerprint density at radius 2 is 1.83 bits per heavy atom. The van der Waals surface area contributed by atoms with Crippen LogP contribution in [-0.2, 0) is 29.1 Å². The minimum Gasteiger partial charge on any atom is -0.489 e. The monoisotopic (exact) mass is 497 g/mol. The van der Waals surface area contributed by atoms with E-state index in [4.69, 9.17) is 9.47 Å². The number of likely N-dealkylation sites (N-methyl/N-ethyl adjacent to an activating group) is 1. The molecule has 0 aromatic heterocycles. The molecule has 0 spiro atoms. The number of aliphatic hydroxyl groups excluding tert-OH is 1. The van der Waals surface area contributed by atoms with Gasteiger partial charge in [-0.25, -0.2) is 4.79 Å². The maximum atomic E-state index is 12.8. The highest BCUT2D eigenvalue weighted by molar-refractivity contribution is 5.86. The van der Waals surface area contributed by atoms with Crippen LogP contribution in [0.5, 0.6) is 5.75 Å². The lowest BCUT2D eigenvalue weighted by atomic mass is 9.95. The van der Waals surface area contributed by atoms with Gasteiger partial charge >= 0.3 is 6.09 Å². The van der Waals surface area contributed by atoms with Gasteiger partial charge in [-0.1, -0.05) is 44.2 Å². The van der Waals surface area contributed by atoms with E-state index in [1.54, 1.807) is 0 Å². The highest BCUT2D eigenvalue weighted by atomic mass is 16.6. The van der Waals surface area contributed by atoms with Crippen LogP contribution in [0.3, 0.4) is 0 Å². The smallest absolute Gasteiger partial charge is 0.407 e. The lowest BCUT2D eigenvalue weighted by Crippen LogP contribution is -2.54. The zero-order valence-electron chi connectivity index (χ0n) is 22.1. The number of nitrogens with one attached hydrogen (secondary N) is 2. The van der Waals surface area contributed by atoms with Crippen molar-refractivity contribution in [2.45, 2.75) is 71.9 Å². The molecule has 0 fully saturated rings. The third-order valence-corrected chi connectivity index (χ3v) is 6.05. The van der Waals surface area contributed by atoms with Crippen molar-refractivity contribution in [3.8, 4) is 5.75 Å².